The molecule has 160 valence electrons. The fourth-order valence-electron chi connectivity index (χ4n) is 2.93. The van der Waals surface area contributed by atoms with Crippen LogP contribution in [0, 0.1) is 5.92 Å². The van der Waals surface area contributed by atoms with E-state index in [4.69, 9.17) is 28.9 Å². The number of nitrogens with zero attached hydrogens (tertiary/aromatic N) is 1. The first-order valence-corrected chi connectivity index (χ1v) is 11.0. The number of rotatable bonds is 7. The maximum atomic E-state index is 12.0. The SMILES string of the molecule is CCCCC(C)CCC(=O)Nc1ccc2ccccc2n1.Nc1ccc(Cl)c(Cl)c1. The lowest BCUT2D eigenvalue weighted by molar-refractivity contribution is -0.116. The van der Waals surface area contributed by atoms with Crippen molar-refractivity contribution < 1.29 is 4.79 Å². The maximum Gasteiger partial charge on any atom is 0.225 e. The molecular weight excluding hydrogens is 417 g/mol. The van der Waals surface area contributed by atoms with Gasteiger partial charge in [-0.05, 0) is 48.7 Å². The number of hydrogen-bond donors (Lipinski definition) is 2. The van der Waals surface area contributed by atoms with Gasteiger partial charge in [0.15, 0.2) is 0 Å². The fourth-order valence-corrected chi connectivity index (χ4v) is 3.23. The van der Waals surface area contributed by atoms with E-state index in [1.165, 1.54) is 19.3 Å². The van der Waals surface area contributed by atoms with Gasteiger partial charge < -0.3 is 11.1 Å². The molecule has 0 saturated carbocycles. The summed E-state index contributed by atoms with van der Waals surface area (Å²) in [4.78, 5) is 16.4. The zero-order valence-electron chi connectivity index (χ0n) is 17.5. The molecule has 0 radical (unpaired) electrons. The number of hydrogen-bond acceptors (Lipinski definition) is 3. The van der Waals surface area contributed by atoms with E-state index in [2.05, 4.69) is 24.1 Å². The molecule has 1 heterocycles. The summed E-state index contributed by atoms with van der Waals surface area (Å²) in [7, 11) is 0. The summed E-state index contributed by atoms with van der Waals surface area (Å²) >= 11 is 11.2. The Hall–Kier alpha value is -2.30. The second-order valence-corrected chi connectivity index (χ2v) is 8.21. The molecule has 1 unspecified atom stereocenters. The molecule has 1 amide bonds. The number of amides is 1. The second kappa shape index (κ2) is 12.4. The van der Waals surface area contributed by atoms with Crippen LogP contribution in [0.25, 0.3) is 10.9 Å². The average Bonchev–Trinajstić information content (AvgIpc) is 2.74. The number of aromatic nitrogens is 1. The standard InChI is InChI=1S/C18H24N2O.C6H5Cl2N/c1-3-4-7-14(2)10-13-18(21)20-17-12-11-15-8-5-6-9-16(15)19-17;7-5-2-1-4(9)3-6(5)8/h5-6,8-9,11-12,14H,3-4,7,10,13H2,1-2H3,(H,19,20,21);1-3H,9H2. The van der Waals surface area contributed by atoms with E-state index in [1.807, 2.05) is 36.4 Å². The number of carbonyl (C=O) groups excluding carboxylic acids is 1. The van der Waals surface area contributed by atoms with Crippen molar-refractivity contribution in [1.29, 1.82) is 0 Å². The lowest BCUT2D eigenvalue weighted by Crippen LogP contribution is -2.13. The third-order valence-corrected chi connectivity index (χ3v) is 5.46. The number of anilines is 2. The van der Waals surface area contributed by atoms with Gasteiger partial charge in [0.2, 0.25) is 5.91 Å². The number of benzene rings is 2. The van der Waals surface area contributed by atoms with Crippen molar-refractivity contribution in [1.82, 2.24) is 4.98 Å². The first-order valence-electron chi connectivity index (χ1n) is 10.2. The van der Waals surface area contributed by atoms with Gasteiger partial charge in [-0.1, -0.05) is 74.5 Å². The maximum absolute atomic E-state index is 12.0. The molecule has 2 aromatic carbocycles. The van der Waals surface area contributed by atoms with Gasteiger partial charge in [0.1, 0.15) is 5.82 Å². The van der Waals surface area contributed by atoms with E-state index < -0.39 is 0 Å². The minimum atomic E-state index is 0.0566. The molecule has 0 saturated heterocycles. The molecule has 1 atom stereocenters. The van der Waals surface area contributed by atoms with Gasteiger partial charge in [0.05, 0.1) is 15.6 Å². The van der Waals surface area contributed by atoms with E-state index in [0.29, 0.717) is 33.9 Å². The van der Waals surface area contributed by atoms with Crippen LogP contribution in [0.4, 0.5) is 11.5 Å². The van der Waals surface area contributed by atoms with Crippen LogP contribution in [0.1, 0.15) is 46.0 Å². The summed E-state index contributed by atoms with van der Waals surface area (Å²) in [5.41, 5.74) is 6.92. The predicted octanol–water partition coefficient (Wildman–Crippen LogP) is 7.36. The Bertz CT molecular complexity index is 962. The van der Waals surface area contributed by atoms with Crippen LogP contribution in [-0.4, -0.2) is 10.9 Å². The van der Waals surface area contributed by atoms with Crippen molar-refractivity contribution in [3.05, 3.63) is 64.6 Å². The minimum Gasteiger partial charge on any atom is -0.399 e. The molecule has 0 aliphatic carbocycles. The van der Waals surface area contributed by atoms with Crippen molar-refractivity contribution in [2.45, 2.75) is 46.0 Å². The third-order valence-electron chi connectivity index (χ3n) is 4.72. The van der Waals surface area contributed by atoms with Gasteiger partial charge in [0, 0.05) is 17.5 Å². The third kappa shape index (κ3) is 8.21. The summed E-state index contributed by atoms with van der Waals surface area (Å²) in [5.74, 6) is 1.31. The molecule has 0 aliphatic rings. The summed E-state index contributed by atoms with van der Waals surface area (Å²) in [6.45, 7) is 4.42. The molecule has 3 rings (SSSR count). The molecule has 1 aromatic heterocycles. The highest BCUT2D eigenvalue weighted by Gasteiger charge is 2.08. The quantitative estimate of drug-likeness (QED) is 0.373. The Balaban J connectivity index is 0.000000297. The summed E-state index contributed by atoms with van der Waals surface area (Å²) in [6.07, 6.45) is 5.18. The highest BCUT2D eigenvalue weighted by Crippen LogP contribution is 2.23. The Morgan fingerprint density at radius 3 is 2.53 bits per heavy atom. The second-order valence-electron chi connectivity index (χ2n) is 7.40. The Morgan fingerprint density at radius 1 is 1.07 bits per heavy atom. The molecule has 3 aromatic rings. The summed E-state index contributed by atoms with van der Waals surface area (Å²) < 4.78 is 0. The first-order chi connectivity index (χ1) is 14.4. The number of para-hydroxylation sites is 1. The highest BCUT2D eigenvalue weighted by atomic mass is 35.5. The number of fused-ring (bicyclic) bond motifs is 1. The van der Waals surface area contributed by atoms with Crippen molar-refractivity contribution in [2.75, 3.05) is 11.1 Å². The number of unbranched alkanes of at least 4 members (excludes halogenated alkanes) is 1. The Kier molecular flexibility index (Phi) is 9.92. The van der Waals surface area contributed by atoms with Gasteiger partial charge in [0.25, 0.3) is 0 Å². The van der Waals surface area contributed by atoms with Gasteiger partial charge in [-0.3, -0.25) is 4.79 Å². The van der Waals surface area contributed by atoms with Gasteiger partial charge in [-0.15, -0.1) is 0 Å². The van der Waals surface area contributed by atoms with Crippen LogP contribution >= 0.6 is 23.2 Å². The van der Waals surface area contributed by atoms with Crippen LogP contribution in [0.5, 0.6) is 0 Å². The lowest BCUT2D eigenvalue weighted by Gasteiger charge is -2.10. The van der Waals surface area contributed by atoms with Crippen molar-refractivity contribution in [2.24, 2.45) is 5.92 Å². The largest absolute Gasteiger partial charge is 0.399 e. The van der Waals surface area contributed by atoms with Crippen LogP contribution in [0.2, 0.25) is 10.0 Å². The summed E-state index contributed by atoms with van der Waals surface area (Å²) in [6, 6.07) is 16.7. The van der Waals surface area contributed by atoms with E-state index in [-0.39, 0.29) is 5.91 Å². The van der Waals surface area contributed by atoms with Crippen LogP contribution < -0.4 is 11.1 Å². The number of carbonyl (C=O) groups is 1. The Labute approximate surface area is 188 Å². The molecule has 0 bridgehead atoms. The van der Waals surface area contributed by atoms with Crippen LogP contribution in [0.3, 0.4) is 0 Å². The molecule has 3 N–H and O–H groups in total. The number of pyridine rings is 1. The predicted molar refractivity (Wildman–Crippen MR) is 129 cm³/mol. The zero-order valence-corrected chi connectivity index (χ0v) is 19.0. The van der Waals surface area contributed by atoms with Crippen molar-refractivity contribution in [3.8, 4) is 0 Å². The lowest BCUT2D eigenvalue weighted by atomic mass is 9.99. The average molecular weight is 446 g/mol. The normalized spacial score (nSPS) is 11.5. The molecule has 4 nitrogen and oxygen atoms in total. The molecule has 6 heteroatoms. The number of nitrogens with one attached hydrogen (secondary N) is 1. The Morgan fingerprint density at radius 2 is 1.83 bits per heavy atom. The molecular formula is C24H29Cl2N3O. The van der Waals surface area contributed by atoms with Crippen molar-refractivity contribution >= 4 is 51.5 Å². The van der Waals surface area contributed by atoms with Gasteiger partial charge >= 0.3 is 0 Å². The number of nitrogens with two attached hydrogens (primary N) is 1. The number of nitrogen functional groups attached to an aromatic ring is 1. The van der Waals surface area contributed by atoms with Gasteiger partial charge in [-0.2, -0.15) is 0 Å². The smallest absolute Gasteiger partial charge is 0.225 e. The number of halogens is 2. The molecule has 30 heavy (non-hydrogen) atoms. The topological polar surface area (TPSA) is 68.0 Å². The fraction of sp³-hybridized carbons (Fsp3) is 0.333. The van der Waals surface area contributed by atoms with Crippen LogP contribution in [-0.2, 0) is 4.79 Å². The van der Waals surface area contributed by atoms with E-state index >= 15 is 0 Å². The van der Waals surface area contributed by atoms with Crippen molar-refractivity contribution in [3.63, 3.8) is 0 Å². The van der Waals surface area contributed by atoms with E-state index in [0.717, 1.165) is 17.3 Å². The monoisotopic (exact) mass is 445 g/mol. The van der Waals surface area contributed by atoms with Gasteiger partial charge in [-0.25, -0.2) is 4.98 Å². The molecule has 0 aliphatic heterocycles. The minimum absolute atomic E-state index is 0.0566. The zero-order chi connectivity index (χ0) is 21.9. The summed E-state index contributed by atoms with van der Waals surface area (Å²) in [5, 5.41) is 5.01. The van der Waals surface area contributed by atoms with Crippen LogP contribution in [0.15, 0.2) is 54.6 Å². The van der Waals surface area contributed by atoms with E-state index in [9.17, 15) is 4.79 Å². The highest BCUT2D eigenvalue weighted by molar-refractivity contribution is 6.42. The van der Waals surface area contributed by atoms with E-state index in [1.54, 1.807) is 18.2 Å². The molecule has 0 spiro atoms. The first kappa shape index (κ1) is 24.0. The molecule has 0 fully saturated rings.